The Balaban J connectivity index is 2.35. The number of amidine groups is 1. The van der Waals surface area contributed by atoms with Gasteiger partial charge in [0.25, 0.3) is 5.91 Å². The van der Waals surface area contributed by atoms with Crippen LogP contribution in [0.25, 0.3) is 0 Å². The third-order valence-electron chi connectivity index (χ3n) is 3.73. The predicted molar refractivity (Wildman–Crippen MR) is 72.6 cm³/mol. The van der Waals surface area contributed by atoms with Gasteiger partial charge in [-0.2, -0.15) is 0 Å². The molecule has 0 aromatic rings. The molecule has 0 saturated carbocycles. The summed E-state index contributed by atoms with van der Waals surface area (Å²) >= 11 is 0. The highest BCUT2D eigenvalue weighted by atomic mass is 16.7. The number of carbonyl (C=O) groups is 1. The van der Waals surface area contributed by atoms with E-state index in [0.29, 0.717) is 30.2 Å². The number of aliphatic imine (C=N–C) groups is 1. The minimum absolute atomic E-state index is 0.0544. The van der Waals surface area contributed by atoms with E-state index < -0.39 is 5.54 Å². The van der Waals surface area contributed by atoms with Gasteiger partial charge in [-0.25, -0.2) is 0 Å². The van der Waals surface area contributed by atoms with E-state index in [1.165, 1.54) is 0 Å². The summed E-state index contributed by atoms with van der Waals surface area (Å²) in [6, 6.07) is 0. The fourth-order valence-corrected chi connectivity index (χ4v) is 2.41. The SMILES string of the molecule is C=C1OCOCCCCC2(N=C(C)N(C)C2=O)C1=C. The van der Waals surface area contributed by atoms with E-state index in [1.54, 1.807) is 11.9 Å². The van der Waals surface area contributed by atoms with E-state index in [4.69, 9.17) is 9.47 Å². The van der Waals surface area contributed by atoms with E-state index in [1.807, 2.05) is 6.92 Å². The molecule has 1 unspecified atom stereocenters. The fraction of sp³-hybridized carbons (Fsp3) is 0.571. The summed E-state index contributed by atoms with van der Waals surface area (Å²) in [7, 11) is 1.73. The molecule has 2 rings (SSSR count). The van der Waals surface area contributed by atoms with Crippen molar-refractivity contribution < 1.29 is 14.3 Å². The molecule has 0 bridgehead atoms. The second-order valence-corrected chi connectivity index (χ2v) is 4.91. The minimum atomic E-state index is -0.937. The van der Waals surface area contributed by atoms with Crippen LogP contribution in [0.1, 0.15) is 26.2 Å². The van der Waals surface area contributed by atoms with Gasteiger partial charge in [0.05, 0.1) is 6.61 Å². The Hall–Kier alpha value is -1.62. The van der Waals surface area contributed by atoms with Crippen LogP contribution >= 0.6 is 0 Å². The number of ether oxygens (including phenoxy) is 2. The zero-order valence-corrected chi connectivity index (χ0v) is 11.6. The zero-order valence-electron chi connectivity index (χ0n) is 11.6. The number of rotatable bonds is 0. The van der Waals surface area contributed by atoms with Gasteiger partial charge in [0.15, 0.2) is 12.3 Å². The van der Waals surface area contributed by atoms with E-state index >= 15 is 0 Å². The molecule has 0 aliphatic carbocycles. The van der Waals surface area contributed by atoms with Crippen molar-refractivity contribution in [2.45, 2.75) is 31.7 Å². The maximum Gasteiger partial charge on any atom is 0.260 e. The smallest absolute Gasteiger partial charge is 0.260 e. The van der Waals surface area contributed by atoms with Gasteiger partial charge >= 0.3 is 0 Å². The minimum Gasteiger partial charge on any atom is -0.468 e. The van der Waals surface area contributed by atoms with Crippen molar-refractivity contribution in [2.24, 2.45) is 4.99 Å². The van der Waals surface area contributed by atoms with Gasteiger partial charge < -0.3 is 14.4 Å². The summed E-state index contributed by atoms with van der Waals surface area (Å²) in [5.74, 6) is 1.02. The van der Waals surface area contributed by atoms with Crippen LogP contribution in [0.15, 0.2) is 29.5 Å². The van der Waals surface area contributed by atoms with Crippen molar-refractivity contribution in [1.82, 2.24) is 4.90 Å². The lowest BCUT2D eigenvalue weighted by molar-refractivity contribution is -0.129. The third kappa shape index (κ3) is 2.30. The largest absolute Gasteiger partial charge is 0.468 e. The second kappa shape index (κ2) is 5.17. The molecule has 0 radical (unpaired) electrons. The number of likely N-dealkylation sites (N-methyl/N-ethyl adjacent to an activating group) is 1. The van der Waals surface area contributed by atoms with Crippen LogP contribution in [-0.4, -0.2) is 42.6 Å². The van der Waals surface area contributed by atoms with Crippen LogP contribution < -0.4 is 0 Å². The molecule has 1 saturated heterocycles. The maximum atomic E-state index is 12.5. The highest BCUT2D eigenvalue weighted by Crippen LogP contribution is 2.37. The number of nitrogens with zero attached hydrogens (tertiary/aromatic N) is 2. The number of amides is 1. The first kappa shape index (κ1) is 13.8. The van der Waals surface area contributed by atoms with Crippen LogP contribution in [0.3, 0.4) is 0 Å². The Bertz CT molecular complexity index is 456. The molecule has 2 aliphatic rings. The van der Waals surface area contributed by atoms with Crippen LogP contribution in [0.2, 0.25) is 0 Å². The Kier molecular flexibility index (Phi) is 3.75. The standard InChI is InChI=1S/C14H20N2O3/c1-10-11(2)19-9-18-8-6-5-7-14(10)13(17)16(4)12(3)15-14/h1-2,5-9H2,3-4H3. The topological polar surface area (TPSA) is 51.1 Å². The first-order valence-corrected chi connectivity index (χ1v) is 6.43. The normalized spacial score (nSPS) is 29.5. The van der Waals surface area contributed by atoms with Crippen molar-refractivity contribution >= 4 is 11.7 Å². The predicted octanol–water partition coefficient (Wildman–Crippen LogP) is 1.86. The van der Waals surface area contributed by atoms with Crippen molar-refractivity contribution in [3.05, 3.63) is 24.5 Å². The number of hydrogen-bond donors (Lipinski definition) is 0. The lowest BCUT2D eigenvalue weighted by Crippen LogP contribution is -2.42. The third-order valence-corrected chi connectivity index (χ3v) is 3.73. The Morgan fingerprint density at radius 3 is 2.74 bits per heavy atom. The Morgan fingerprint density at radius 1 is 1.37 bits per heavy atom. The van der Waals surface area contributed by atoms with Crippen molar-refractivity contribution in [3.63, 3.8) is 0 Å². The molecule has 1 spiro atoms. The number of hydrogen-bond acceptors (Lipinski definition) is 4. The van der Waals surface area contributed by atoms with Gasteiger partial charge in [-0.05, 0) is 26.2 Å². The Morgan fingerprint density at radius 2 is 2.11 bits per heavy atom. The molecule has 5 nitrogen and oxygen atoms in total. The molecule has 5 heteroatoms. The van der Waals surface area contributed by atoms with Gasteiger partial charge in [0.1, 0.15) is 11.6 Å². The van der Waals surface area contributed by atoms with Crippen LogP contribution in [0.5, 0.6) is 0 Å². The average Bonchev–Trinajstić information content (AvgIpc) is 2.61. The summed E-state index contributed by atoms with van der Waals surface area (Å²) in [5.41, 5.74) is -0.403. The highest BCUT2D eigenvalue weighted by Gasteiger charge is 2.48. The highest BCUT2D eigenvalue weighted by molar-refractivity contribution is 6.09. The van der Waals surface area contributed by atoms with Crippen LogP contribution in [0.4, 0.5) is 0 Å². The maximum absolute atomic E-state index is 12.5. The molecule has 0 aromatic carbocycles. The monoisotopic (exact) mass is 264 g/mol. The van der Waals surface area contributed by atoms with Crippen LogP contribution in [0, 0.1) is 0 Å². The summed E-state index contributed by atoms with van der Waals surface area (Å²) in [6.07, 6.45) is 2.33. The van der Waals surface area contributed by atoms with E-state index in [9.17, 15) is 4.79 Å². The summed E-state index contributed by atoms with van der Waals surface area (Å²) in [6.45, 7) is 10.4. The molecule has 1 amide bonds. The molecule has 1 atom stereocenters. The summed E-state index contributed by atoms with van der Waals surface area (Å²) < 4.78 is 10.7. The molecule has 1 fully saturated rings. The van der Waals surface area contributed by atoms with E-state index in [-0.39, 0.29) is 12.7 Å². The quantitative estimate of drug-likeness (QED) is 0.671. The van der Waals surface area contributed by atoms with Gasteiger partial charge in [0, 0.05) is 12.6 Å². The Labute approximate surface area is 113 Å². The number of carbonyl (C=O) groups excluding carboxylic acids is 1. The summed E-state index contributed by atoms with van der Waals surface area (Å²) in [4.78, 5) is 18.7. The fourth-order valence-electron chi connectivity index (χ4n) is 2.41. The first-order chi connectivity index (χ1) is 8.99. The molecule has 2 aliphatic heterocycles. The average molecular weight is 264 g/mol. The molecule has 0 N–H and O–H groups in total. The van der Waals surface area contributed by atoms with E-state index in [0.717, 1.165) is 12.8 Å². The molecule has 104 valence electrons. The van der Waals surface area contributed by atoms with Gasteiger partial charge in [-0.3, -0.25) is 9.79 Å². The summed E-state index contributed by atoms with van der Waals surface area (Å²) in [5, 5.41) is 0. The lowest BCUT2D eigenvalue weighted by Gasteiger charge is -2.29. The second-order valence-electron chi connectivity index (χ2n) is 4.91. The molecule has 0 aromatic heterocycles. The van der Waals surface area contributed by atoms with Gasteiger partial charge in [-0.15, -0.1) is 0 Å². The van der Waals surface area contributed by atoms with E-state index in [2.05, 4.69) is 18.2 Å². The van der Waals surface area contributed by atoms with Crippen LogP contribution in [-0.2, 0) is 14.3 Å². The van der Waals surface area contributed by atoms with Crippen molar-refractivity contribution in [1.29, 1.82) is 0 Å². The lowest BCUT2D eigenvalue weighted by atomic mass is 9.84. The van der Waals surface area contributed by atoms with Crippen molar-refractivity contribution in [3.8, 4) is 0 Å². The van der Waals surface area contributed by atoms with Gasteiger partial charge in [-0.1, -0.05) is 13.2 Å². The molecule has 19 heavy (non-hydrogen) atoms. The van der Waals surface area contributed by atoms with Gasteiger partial charge in [0.2, 0.25) is 0 Å². The van der Waals surface area contributed by atoms with Crippen molar-refractivity contribution in [2.75, 3.05) is 20.4 Å². The zero-order chi connectivity index (χ0) is 14.0. The first-order valence-electron chi connectivity index (χ1n) is 6.43. The molecule has 2 heterocycles. The molecular formula is C14H20N2O3. The molecular weight excluding hydrogens is 244 g/mol.